The molecule has 1 aliphatic rings. The molecule has 0 aromatic carbocycles. The van der Waals surface area contributed by atoms with E-state index >= 15 is 0 Å². The van der Waals surface area contributed by atoms with Gasteiger partial charge in [0.15, 0.2) is 0 Å². The Balaban J connectivity index is 0.000000873. The second-order valence-corrected chi connectivity index (χ2v) is 5.19. The van der Waals surface area contributed by atoms with Gasteiger partial charge < -0.3 is 9.64 Å². The van der Waals surface area contributed by atoms with E-state index in [1.807, 2.05) is 27.7 Å². The van der Waals surface area contributed by atoms with E-state index in [1.165, 1.54) is 5.57 Å². The zero-order chi connectivity index (χ0) is 14.3. The summed E-state index contributed by atoms with van der Waals surface area (Å²) in [5.41, 5.74) is 0.906. The SMILES string of the molecule is CC=C1C[C@@H](C)N(C(=O)OC(C)(C)C)C1.O=C=O. The van der Waals surface area contributed by atoms with Crippen LogP contribution in [-0.2, 0) is 14.3 Å². The molecule has 0 unspecified atom stereocenters. The summed E-state index contributed by atoms with van der Waals surface area (Å²) in [5.74, 6) is 0. The second-order valence-electron chi connectivity index (χ2n) is 5.19. The van der Waals surface area contributed by atoms with Crippen LogP contribution in [0.2, 0.25) is 0 Å². The molecule has 102 valence electrons. The molecule has 1 heterocycles. The summed E-state index contributed by atoms with van der Waals surface area (Å²) in [4.78, 5) is 29.9. The van der Waals surface area contributed by atoms with Gasteiger partial charge in [0.25, 0.3) is 0 Å². The first-order valence-electron chi connectivity index (χ1n) is 5.88. The van der Waals surface area contributed by atoms with Crippen molar-refractivity contribution in [3.05, 3.63) is 11.6 Å². The lowest BCUT2D eigenvalue weighted by atomic mass is 10.2. The van der Waals surface area contributed by atoms with E-state index in [2.05, 4.69) is 13.0 Å². The number of rotatable bonds is 0. The highest BCUT2D eigenvalue weighted by Crippen LogP contribution is 2.24. The van der Waals surface area contributed by atoms with Crippen LogP contribution in [0.15, 0.2) is 11.6 Å². The number of ether oxygens (including phenoxy) is 1. The third-order valence-corrected chi connectivity index (χ3v) is 2.50. The van der Waals surface area contributed by atoms with E-state index in [-0.39, 0.29) is 18.3 Å². The van der Waals surface area contributed by atoms with Gasteiger partial charge in [-0.15, -0.1) is 0 Å². The smallest absolute Gasteiger partial charge is 0.410 e. The number of likely N-dealkylation sites (tertiary alicyclic amines) is 1. The van der Waals surface area contributed by atoms with E-state index in [0.29, 0.717) is 6.54 Å². The van der Waals surface area contributed by atoms with Crippen molar-refractivity contribution < 1.29 is 19.1 Å². The Hall–Kier alpha value is -1.61. The quantitative estimate of drug-likeness (QED) is 0.623. The minimum atomic E-state index is -0.407. The fraction of sp³-hybridized carbons (Fsp3) is 0.692. The average molecular weight is 255 g/mol. The summed E-state index contributed by atoms with van der Waals surface area (Å²) in [5, 5.41) is 0. The summed E-state index contributed by atoms with van der Waals surface area (Å²) >= 11 is 0. The molecule has 0 N–H and O–H groups in total. The molecule has 1 amide bonds. The summed E-state index contributed by atoms with van der Waals surface area (Å²) in [6.07, 6.45) is 3.10. The Bertz CT molecular complexity index is 348. The maximum absolute atomic E-state index is 11.8. The van der Waals surface area contributed by atoms with E-state index < -0.39 is 5.60 Å². The second kappa shape index (κ2) is 6.97. The summed E-state index contributed by atoms with van der Waals surface area (Å²) in [6.45, 7) is 10.5. The van der Waals surface area contributed by atoms with E-state index in [9.17, 15) is 4.79 Å². The topological polar surface area (TPSA) is 63.7 Å². The lowest BCUT2D eigenvalue weighted by Gasteiger charge is -2.26. The number of hydrogen-bond acceptors (Lipinski definition) is 4. The molecule has 0 aliphatic carbocycles. The predicted molar refractivity (Wildman–Crippen MR) is 65.8 cm³/mol. The molecule has 1 atom stereocenters. The van der Waals surface area contributed by atoms with E-state index in [1.54, 1.807) is 4.90 Å². The first-order chi connectivity index (χ1) is 8.25. The highest BCUT2D eigenvalue weighted by molar-refractivity contribution is 5.69. The number of carbonyl (C=O) groups excluding carboxylic acids is 3. The van der Waals surface area contributed by atoms with Gasteiger partial charge in [-0.3, -0.25) is 0 Å². The molecule has 18 heavy (non-hydrogen) atoms. The molecular formula is C13H21NO4. The molecule has 0 radical (unpaired) electrons. The third-order valence-electron chi connectivity index (χ3n) is 2.50. The van der Waals surface area contributed by atoms with Crippen LogP contribution in [0.5, 0.6) is 0 Å². The Morgan fingerprint density at radius 2 is 1.94 bits per heavy atom. The fourth-order valence-corrected chi connectivity index (χ4v) is 1.70. The predicted octanol–water partition coefficient (Wildman–Crippen LogP) is 2.38. The molecule has 1 aliphatic heterocycles. The molecule has 1 saturated heterocycles. The Morgan fingerprint density at radius 1 is 1.44 bits per heavy atom. The van der Waals surface area contributed by atoms with Crippen molar-refractivity contribution in [3.63, 3.8) is 0 Å². The van der Waals surface area contributed by atoms with Gasteiger partial charge in [0.1, 0.15) is 5.60 Å². The van der Waals surface area contributed by atoms with Crippen LogP contribution in [-0.4, -0.2) is 35.3 Å². The lowest BCUT2D eigenvalue weighted by molar-refractivity contribution is -0.191. The molecular weight excluding hydrogens is 234 g/mol. The molecule has 0 bridgehead atoms. The molecule has 0 aromatic heterocycles. The van der Waals surface area contributed by atoms with Gasteiger partial charge in [-0.25, -0.2) is 4.79 Å². The monoisotopic (exact) mass is 255 g/mol. The van der Waals surface area contributed by atoms with Crippen LogP contribution >= 0.6 is 0 Å². The van der Waals surface area contributed by atoms with Crippen molar-refractivity contribution in [2.75, 3.05) is 6.54 Å². The largest absolute Gasteiger partial charge is 0.444 e. The maximum Gasteiger partial charge on any atom is 0.410 e. The standard InChI is InChI=1S/C12H21NO2.CO2/c1-6-10-7-9(2)13(8-10)11(14)15-12(3,4)5;2-1-3/h6,9H,7-8H2,1-5H3;/t9-;/m1./s1. The van der Waals surface area contributed by atoms with Crippen molar-refractivity contribution in [2.24, 2.45) is 0 Å². The highest BCUT2D eigenvalue weighted by Gasteiger charge is 2.31. The Labute approximate surface area is 108 Å². The fourth-order valence-electron chi connectivity index (χ4n) is 1.70. The minimum Gasteiger partial charge on any atom is -0.444 e. The Morgan fingerprint density at radius 3 is 2.28 bits per heavy atom. The average Bonchev–Trinajstić information content (AvgIpc) is 2.58. The van der Waals surface area contributed by atoms with Crippen molar-refractivity contribution in [1.29, 1.82) is 0 Å². The number of amides is 1. The molecule has 1 fully saturated rings. The van der Waals surface area contributed by atoms with Gasteiger partial charge in [0.2, 0.25) is 0 Å². The van der Waals surface area contributed by atoms with Crippen LogP contribution in [0, 0.1) is 0 Å². The van der Waals surface area contributed by atoms with E-state index in [4.69, 9.17) is 14.3 Å². The molecule has 5 heteroatoms. The van der Waals surface area contributed by atoms with Crippen LogP contribution in [0.1, 0.15) is 41.0 Å². The van der Waals surface area contributed by atoms with Crippen LogP contribution < -0.4 is 0 Å². The highest BCUT2D eigenvalue weighted by atomic mass is 16.6. The first kappa shape index (κ1) is 16.4. The van der Waals surface area contributed by atoms with Gasteiger partial charge in [-0.1, -0.05) is 11.6 Å². The summed E-state index contributed by atoms with van der Waals surface area (Å²) in [6, 6.07) is 0.256. The van der Waals surface area contributed by atoms with Crippen molar-refractivity contribution >= 4 is 12.2 Å². The molecule has 0 spiro atoms. The van der Waals surface area contributed by atoms with Crippen LogP contribution in [0.4, 0.5) is 4.79 Å². The molecule has 0 aromatic rings. The molecule has 0 saturated carbocycles. The summed E-state index contributed by atoms with van der Waals surface area (Å²) < 4.78 is 5.34. The van der Waals surface area contributed by atoms with Crippen LogP contribution in [0.3, 0.4) is 0 Å². The Kier molecular flexibility index (Phi) is 6.34. The number of carbonyl (C=O) groups is 1. The zero-order valence-corrected chi connectivity index (χ0v) is 11.6. The van der Waals surface area contributed by atoms with Crippen molar-refractivity contribution in [3.8, 4) is 0 Å². The van der Waals surface area contributed by atoms with Gasteiger partial charge in [0.05, 0.1) is 0 Å². The number of allylic oxidation sites excluding steroid dienone is 1. The van der Waals surface area contributed by atoms with Gasteiger partial charge in [0, 0.05) is 12.6 Å². The normalized spacial score (nSPS) is 21.1. The lowest BCUT2D eigenvalue weighted by Crippen LogP contribution is -2.38. The van der Waals surface area contributed by atoms with E-state index in [0.717, 1.165) is 6.42 Å². The molecule has 5 nitrogen and oxygen atoms in total. The minimum absolute atomic E-state index is 0.202. The van der Waals surface area contributed by atoms with Gasteiger partial charge >= 0.3 is 12.2 Å². The first-order valence-corrected chi connectivity index (χ1v) is 5.88. The van der Waals surface area contributed by atoms with Gasteiger partial charge in [-0.05, 0) is 41.0 Å². The van der Waals surface area contributed by atoms with Crippen molar-refractivity contribution in [2.45, 2.75) is 52.7 Å². The maximum atomic E-state index is 11.8. The zero-order valence-electron chi connectivity index (χ0n) is 11.6. The van der Waals surface area contributed by atoms with Gasteiger partial charge in [-0.2, -0.15) is 9.59 Å². The summed E-state index contributed by atoms with van der Waals surface area (Å²) in [7, 11) is 0. The number of nitrogens with zero attached hydrogens (tertiary/aromatic N) is 1. The van der Waals surface area contributed by atoms with Crippen LogP contribution in [0.25, 0.3) is 0 Å². The third kappa shape index (κ3) is 5.64. The molecule has 1 rings (SSSR count). The van der Waals surface area contributed by atoms with Crippen molar-refractivity contribution in [1.82, 2.24) is 4.90 Å². The number of hydrogen-bond donors (Lipinski definition) is 0.